The van der Waals surface area contributed by atoms with E-state index in [-0.39, 0.29) is 0 Å². The first kappa shape index (κ1) is 12.8. The first-order valence-corrected chi connectivity index (χ1v) is 8.05. The highest BCUT2D eigenvalue weighted by atomic mass is 32.2. The van der Waals surface area contributed by atoms with Gasteiger partial charge in [0.1, 0.15) is 0 Å². The highest BCUT2D eigenvalue weighted by molar-refractivity contribution is 8.00. The SMILES string of the molecule is CCC1CSC2(CCCC(C(C)C)CC2)N1. The molecule has 94 valence electrons. The van der Waals surface area contributed by atoms with Crippen LogP contribution in [0, 0.1) is 11.8 Å². The molecule has 1 spiro atoms. The molecule has 1 N–H and O–H groups in total. The lowest BCUT2D eigenvalue weighted by Crippen LogP contribution is -2.41. The Balaban J connectivity index is 1.93. The topological polar surface area (TPSA) is 12.0 Å². The van der Waals surface area contributed by atoms with E-state index >= 15 is 0 Å². The molecule has 1 nitrogen and oxygen atoms in total. The molecule has 2 rings (SSSR count). The maximum Gasteiger partial charge on any atom is 0.0648 e. The first-order valence-electron chi connectivity index (χ1n) is 7.07. The third-order valence-electron chi connectivity index (χ3n) is 4.54. The van der Waals surface area contributed by atoms with E-state index in [1.54, 1.807) is 0 Å². The second kappa shape index (κ2) is 5.30. The second-order valence-electron chi connectivity index (χ2n) is 5.99. The van der Waals surface area contributed by atoms with Gasteiger partial charge in [0, 0.05) is 11.8 Å². The fourth-order valence-electron chi connectivity index (χ4n) is 3.23. The van der Waals surface area contributed by atoms with Crippen molar-refractivity contribution in [3.8, 4) is 0 Å². The van der Waals surface area contributed by atoms with E-state index in [4.69, 9.17) is 0 Å². The molecular formula is C14H27NS. The van der Waals surface area contributed by atoms with Gasteiger partial charge >= 0.3 is 0 Å². The van der Waals surface area contributed by atoms with Gasteiger partial charge in [0.15, 0.2) is 0 Å². The van der Waals surface area contributed by atoms with Gasteiger partial charge in [0.25, 0.3) is 0 Å². The van der Waals surface area contributed by atoms with E-state index in [2.05, 4.69) is 37.8 Å². The largest absolute Gasteiger partial charge is 0.299 e. The molecule has 0 bridgehead atoms. The molecule has 2 heteroatoms. The first-order chi connectivity index (χ1) is 7.65. The average Bonchev–Trinajstić information content (AvgIpc) is 2.53. The lowest BCUT2D eigenvalue weighted by molar-refractivity contribution is 0.331. The number of hydrogen-bond donors (Lipinski definition) is 1. The van der Waals surface area contributed by atoms with Gasteiger partial charge < -0.3 is 0 Å². The van der Waals surface area contributed by atoms with Gasteiger partial charge in [-0.25, -0.2) is 0 Å². The maximum atomic E-state index is 3.92. The third kappa shape index (κ3) is 2.76. The summed E-state index contributed by atoms with van der Waals surface area (Å²) >= 11 is 2.21. The Hall–Kier alpha value is 0.310. The highest BCUT2D eigenvalue weighted by Gasteiger charge is 2.39. The fourth-order valence-corrected chi connectivity index (χ4v) is 4.87. The molecule has 1 heterocycles. The van der Waals surface area contributed by atoms with Crippen molar-refractivity contribution in [3.63, 3.8) is 0 Å². The van der Waals surface area contributed by atoms with Crippen LogP contribution in [0.1, 0.15) is 59.3 Å². The summed E-state index contributed by atoms with van der Waals surface area (Å²) in [7, 11) is 0. The van der Waals surface area contributed by atoms with Gasteiger partial charge in [-0.3, -0.25) is 5.32 Å². The van der Waals surface area contributed by atoms with Crippen molar-refractivity contribution in [1.29, 1.82) is 0 Å². The van der Waals surface area contributed by atoms with Crippen LogP contribution in [0.15, 0.2) is 0 Å². The number of rotatable bonds is 2. The summed E-state index contributed by atoms with van der Waals surface area (Å²) in [5.41, 5.74) is 0. The second-order valence-corrected chi connectivity index (χ2v) is 7.39. The van der Waals surface area contributed by atoms with Gasteiger partial charge in [0.2, 0.25) is 0 Å². The molecule has 0 radical (unpaired) electrons. The van der Waals surface area contributed by atoms with Crippen molar-refractivity contribution in [3.05, 3.63) is 0 Å². The summed E-state index contributed by atoms with van der Waals surface area (Å²) in [6, 6.07) is 0.778. The molecule has 2 fully saturated rings. The molecule has 3 unspecified atom stereocenters. The van der Waals surface area contributed by atoms with Crippen molar-refractivity contribution in [2.24, 2.45) is 11.8 Å². The lowest BCUT2D eigenvalue weighted by Gasteiger charge is -2.28. The molecule has 0 amide bonds. The average molecular weight is 241 g/mol. The van der Waals surface area contributed by atoms with Crippen LogP contribution in [0.3, 0.4) is 0 Å². The van der Waals surface area contributed by atoms with Gasteiger partial charge in [-0.2, -0.15) is 0 Å². The van der Waals surface area contributed by atoms with Gasteiger partial charge in [-0.05, 0) is 37.5 Å². The van der Waals surface area contributed by atoms with E-state index in [1.165, 1.54) is 44.3 Å². The smallest absolute Gasteiger partial charge is 0.0648 e. The predicted molar refractivity (Wildman–Crippen MR) is 73.8 cm³/mol. The Morgan fingerprint density at radius 3 is 2.75 bits per heavy atom. The number of hydrogen-bond acceptors (Lipinski definition) is 2. The van der Waals surface area contributed by atoms with Crippen molar-refractivity contribution >= 4 is 11.8 Å². The minimum absolute atomic E-state index is 0.463. The van der Waals surface area contributed by atoms with Crippen LogP contribution in [0.25, 0.3) is 0 Å². The quantitative estimate of drug-likeness (QED) is 0.783. The molecule has 1 aliphatic heterocycles. The van der Waals surface area contributed by atoms with Crippen molar-refractivity contribution < 1.29 is 0 Å². The van der Waals surface area contributed by atoms with E-state index in [0.717, 1.165) is 17.9 Å². The number of nitrogens with one attached hydrogen (secondary N) is 1. The van der Waals surface area contributed by atoms with Gasteiger partial charge in [-0.1, -0.05) is 33.6 Å². The minimum atomic E-state index is 0.463. The van der Waals surface area contributed by atoms with Gasteiger partial charge in [-0.15, -0.1) is 11.8 Å². The minimum Gasteiger partial charge on any atom is -0.299 e. The summed E-state index contributed by atoms with van der Waals surface area (Å²) < 4.78 is 0. The Bertz CT molecular complexity index is 229. The number of thioether (sulfide) groups is 1. The molecular weight excluding hydrogens is 214 g/mol. The summed E-state index contributed by atoms with van der Waals surface area (Å²) in [4.78, 5) is 0.463. The third-order valence-corrected chi connectivity index (χ3v) is 6.19. The zero-order chi connectivity index (χ0) is 11.6. The van der Waals surface area contributed by atoms with Gasteiger partial charge in [0.05, 0.1) is 4.87 Å². The summed E-state index contributed by atoms with van der Waals surface area (Å²) in [6.07, 6.45) is 8.42. The van der Waals surface area contributed by atoms with E-state index in [1.807, 2.05) is 0 Å². The van der Waals surface area contributed by atoms with Crippen molar-refractivity contribution in [2.75, 3.05) is 5.75 Å². The monoisotopic (exact) mass is 241 g/mol. The summed E-state index contributed by atoms with van der Waals surface area (Å²) in [5, 5.41) is 3.92. The van der Waals surface area contributed by atoms with Crippen LogP contribution in [-0.2, 0) is 0 Å². The van der Waals surface area contributed by atoms with Crippen LogP contribution in [0.2, 0.25) is 0 Å². The molecule has 0 aromatic rings. The Morgan fingerprint density at radius 2 is 2.12 bits per heavy atom. The van der Waals surface area contributed by atoms with Crippen LogP contribution in [0.4, 0.5) is 0 Å². The molecule has 0 aromatic heterocycles. The fraction of sp³-hybridized carbons (Fsp3) is 1.00. The molecule has 2 aliphatic rings. The normalized spacial score (nSPS) is 40.5. The van der Waals surface area contributed by atoms with Crippen LogP contribution in [0.5, 0.6) is 0 Å². The highest BCUT2D eigenvalue weighted by Crippen LogP contribution is 2.44. The zero-order valence-corrected chi connectivity index (χ0v) is 11.9. The van der Waals surface area contributed by atoms with Crippen LogP contribution >= 0.6 is 11.8 Å². The van der Waals surface area contributed by atoms with E-state index in [9.17, 15) is 0 Å². The Kier molecular flexibility index (Phi) is 4.23. The zero-order valence-electron chi connectivity index (χ0n) is 11.1. The van der Waals surface area contributed by atoms with Crippen molar-refractivity contribution in [2.45, 2.75) is 70.2 Å². The van der Waals surface area contributed by atoms with E-state index < -0.39 is 0 Å². The molecule has 0 aromatic carbocycles. The Morgan fingerprint density at radius 1 is 1.31 bits per heavy atom. The molecule has 16 heavy (non-hydrogen) atoms. The maximum absolute atomic E-state index is 3.92. The van der Waals surface area contributed by atoms with E-state index in [0.29, 0.717) is 4.87 Å². The summed E-state index contributed by atoms with van der Waals surface area (Å²) in [6.45, 7) is 7.10. The molecule has 1 aliphatic carbocycles. The van der Waals surface area contributed by atoms with Crippen LogP contribution < -0.4 is 5.32 Å². The molecule has 1 saturated heterocycles. The summed E-state index contributed by atoms with van der Waals surface area (Å²) in [5.74, 6) is 3.19. The van der Waals surface area contributed by atoms with Crippen molar-refractivity contribution in [1.82, 2.24) is 5.32 Å². The molecule has 3 atom stereocenters. The standard InChI is InChI=1S/C14H27NS/c1-4-13-10-16-14(15-13)8-5-6-12(7-9-14)11(2)3/h11-13,15H,4-10H2,1-3H3. The Labute approximate surface area is 105 Å². The lowest BCUT2D eigenvalue weighted by atomic mass is 9.89. The van der Waals surface area contributed by atoms with Crippen LogP contribution in [-0.4, -0.2) is 16.7 Å². The predicted octanol–water partition coefficient (Wildman–Crippen LogP) is 4.03. The molecule has 1 saturated carbocycles.